The van der Waals surface area contributed by atoms with E-state index in [0.29, 0.717) is 0 Å². The molecule has 0 aliphatic rings. The smallest absolute Gasteiger partial charge is 0.271 e. The molecule has 20 heavy (non-hydrogen) atoms. The number of nitro benzene ring substituents is 1. The van der Waals surface area contributed by atoms with Gasteiger partial charge in [-0.3, -0.25) is 19.9 Å². The number of carbonyl (C=O) groups excluding carboxylic acids is 1. The van der Waals surface area contributed by atoms with Crippen LogP contribution in [-0.2, 0) is 0 Å². The van der Waals surface area contributed by atoms with Gasteiger partial charge in [0.2, 0.25) is 0 Å². The van der Waals surface area contributed by atoms with Gasteiger partial charge < -0.3 is 5.32 Å². The molecule has 0 aliphatic heterocycles. The molecule has 0 saturated heterocycles. The molecular weight excluding hydrogens is 289 g/mol. The predicted octanol–water partition coefficient (Wildman–Crippen LogP) is 3.03. The SMILES string of the molecule is O=C(Nc1ccc([N+](=O)[O-])cc1Cl)c1ccncc1F. The van der Waals surface area contributed by atoms with E-state index in [9.17, 15) is 19.3 Å². The highest BCUT2D eigenvalue weighted by Gasteiger charge is 2.15. The Morgan fingerprint density at radius 3 is 2.75 bits per heavy atom. The number of non-ortho nitro benzene ring substituents is 1. The summed E-state index contributed by atoms with van der Waals surface area (Å²) in [7, 11) is 0. The average molecular weight is 296 g/mol. The number of benzene rings is 1. The average Bonchev–Trinajstić information content (AvgIpc) is 2.41. The number of nitrogens with zero attached hydrogens (tertiary/aromatic N) is 2. The first-order chi connectivity index (χ1) is 9.49. The van der Waals surface area contributed by atoms with Gasteiger partial charge in [0.25, 0.3) is 11.6 Å². The van der Waals surface area contributed by atoms with Gasteiger partial charge in [-0.15, -0.1) is 0 Å². The number of halogens is 2. The van der Waals surface area contributed by atoms with E-state index in [2.05, 4.69) is 10.3 Å². The first kappa shape index (κ1) is 13.9. The van der Waals surface area contributed by atoms with E-state index in [1.807, 2.05) is 0 Å². The molecule has 1 aromatic carbocycles. The lowest BCUT2D eigenvalue weighted by Gasteiger charge is -2.07. The number of hydrogen-bond donors (Lipinski definition) is 1. The van der Waals surface area contributed by atoms with Crippen LogP contribution >= 0.6 is 11.6 Å². The fourth-order valence-corrected chi connectivity index (χ4v) is 1.69. The molecule has 0 atom stereocenters. The van der Waals surface area contributed by atoms with Crippen molar-refractivity contribution in [2.75, 3.05) is 5.32 Å². The number of nitro groups is 1. The van der Waals surface area contributed by atoms with E-state index in [1.165, 1.54) is 24.4 Å². The minimum Gasteiger partial charge on any atom is -0.321 e. The van der Waals surface area contributed by atoms with Crippen molar-refractivity contribution >= 4 is 28.9 Å². The van der Waals surface area contributed by atoms with E-state index in [1.54, 1.807) is 0 Å². The lowest BCUT2D eigenvalue weighted by Crippen LogP contribution is -2.14. The minimum atomic E-state index is -0.775. The molecule has 102 valence electrons. The number of pyridine rings is 1. The molecule has 1 amide bonds. The molecule has 2 rings (SSSR count). The molecule has 2 aromatic rings. The second-order valence-corrected chi connectivity index (χ2v) is 4.14. The van der Waals surface area contributed by atoms with E-state index in [4.69, 9.17) is 11.6 Å². The van der Waals surface area contributed by atoms with Crippen LogP contribution in [0, 0.1) is 15.9 Å². The van der Waals surface area contributed by atoms with Crippen molar-refractivity contribution < 1.29 is 14.1 Å². The summed E-state index contributed by atoms with van der Waals surface area (Å²) in [6.45, 7) is 0. The Kier molecular flexibility index (Phi) is 3.90. The number of anilines is 1. The number of nitrogens with one attached hydrogen (secondary N) is 1. The number of carbonyl (C=O) groups is 1. The third-order valence-corrected chi connectivity index (χ3v) is 2.74. The maximum atomic E-state index is 13.4. The van der Waals surface area contributed by atoms with Crippen LogP contribution in [0.4, 0.5) is 15.8 Å². The molecule has 0 saturated carbocycles. The number of amides is 1. The van der Waals surface area contributed by atoms with E-state index in [0.717, 1.165) is 12.3 Å². The molecule has 0 radical (unpaired) electrons. The van der Waals surface area contributed by atoms with Crippen LogP contribution < -0.4 is 5.32 Å². The molecule has 1 aromatic heterocycles. The van der Waals surface area contributed by atoms with Crippen LogP contribution in [0.3, 0.4) is 0 Å². The second-order valence-electron chi connectivity index (χ2n) is 3.73. The van der Waals surface area contributed by atoms with Gasteiger partial charge in [0, 0.05) is 18.3 Å². The van der Waals surface area contributed by atoms with Gasteiger partial charge in [-0.05, 0) is 12.1 Å². The zero-order valence-corrected chi connectivity index (χ0v) is 10.6. The summed E-state index contributed by atoms with van der Waals surface area (Å²) in [6, 6.07) is 4.77. The molecule has 6 nitrogen and oxygen atoms in total. The Labute approximate surface area is 117 Å². The van der Waals surface area contributed by atoms with Gasteiger partial charge in [0.15, 0.2) is 5.82 Å². The standard InChI is InChI=1S/C12H7ClFN3O3/c13-9-5-7(17(19)20)1-2-11(9)16-12(18)8-3-4-15-6-10(8)14/h1-6H,(H,16,18). The van der Waals surface area contributed by atoms with Crippen molar-refractivity contribution in [3.8, 4) is 0 Å². The maximum Gasteiger partial charge on any atom is 0.271 e. The van der Waals surface area contributed by atoms with Crippen LogP contribution in [0.25, 0.3) is 0 Å². The summed E-state index contributed by atoms with van der Waals surface area (Å²) in [6.07, 6.45) is 2.18. The Balaban J connectivity index is 2.25. The zero-order valence-electron chi connectivity index (χ0n) is 9.84. The molecule has 1 heterocycles. The summed E-state index contributed by atoms with van der Waals surface area (Å²) in [4.78, 5) is 25.3. The summed E-state index contributed by atoms with van der Waals surface area (Å²) in [5.41, 5.74) is -0.254. The number of aromatic nitrogens is 1. The highest BCUT2D eigenvalue weighted by Crippen LogP contribution is 2.27. The predicted molar refractivity (Wildman–Crippen MR) is 70.3 cm³/mol. The highest BCUT2D eigenvalue weighted by molar-refractivity contribution is 6.34. The largest absolute Gasteiger partial charge is 0.321 e. The summed E-state index contributed by atoms with van der Waals surface area (Å²) >= 11 is 5.82. The van der Waals surface area contributed by atoms with Gasteiger partial charge >= 0.3 is 0 Å². The molecule has 8 heteroatoms. The van der Waals surface area contributed by atoms with Crippen molar-refractivity contribution in [2.24, 2.45) is 0 Å². The fourth-order valence-electron chi connectivity index (χ4n) is 1.47. The second kappa shape index (κ2) is 5.62. The Morgan fingerprint density at radius 1 is 1.40 bits per heavy atom. The Hall–Kier alpha value is -2.54. The summed E-state index contributed by atoms with van der Waals surface area (Å²) in [5.74, 6) is -1.50. The number of hydrogen-bond acceptors (Lipinski definition) is 4. The van der Waals surface area contributed by atoms with Crippen LogP contribution in [-0.4, -0.2) is 15.8 Å². The topological polar surface area (TPSA) is 85.1 Å². The quantitative estimate of drug-likeness (QED) is 0.696. The lowest BCUT2D eigenvalue weighted by molar-refractivity contribution is -0.384. The third-order valence-electron chi connectivity index (χ3n) is 2.43. The minimum absolute atomic E-state index is 0.0120. The van der Waals surface area contributed by atoms with Crippen LogP contribution in [0.15, 0.2) is 36.7 Å². The van der Waals surface area contributed by atoms with Crippen molar-refractivity contribution in [3.05, 3.63) is 63.2 Å². The van der Waals surface area contributed by atoms with Crippen molar-refractivity contribution in [1.29, 1.82) is 0 Å². The maximum absolute atomic E-state index is 13.4. The zero-order chi connectivity index (χ0) is 14.7. The first-order valence-electron chi connectivity index (χ1n) is 5.34. The Bertz CT molecular complexity index is 693. The van der Waals surface area contributed by atoms with Crippen LogP contribution in [0.5, 0.6) is 0 Å². The van der Waals surface area contributed by atoms with Crippen LogP contribution in [0.2, 0.25) is 5.02 Å². The summed E-state index contributed by atoms with van der Waals surface area (Å²) < 4.78 is 13.4. The molecule has 1 N–H and O–H groups in total. The fraction of sp³-hybridized carbons (Fsp3) is 0. The Morgan fingerprint density at radius 2 is 2.15 bits per heavy atom. The third kappa shape index (κ3) is 2.89. The van der Waals surface area contributed by atoms with Crippen molar-refractivity contribution in [3.63, 3.8) is 0 Å². The normalized spacial score (nSPS) is 10.1. The first-order valence-corrected chi connectivity index (χ1v) is 5.71. The van der Waals surface area contributed by atoms with Gasteiger partial charge in [-0.1, -0.05) is 11.6 Å². The van der Waals surface area contributed by atoms with Crippen molar-refractivity contribution in [1.82, 2.24) is 4.98 Å². The monoisotopic (exact) mass is 295 g/mol. The molecular formula is C12H7ClFN3O3. The van der Waals surface area contributed by atoms with Gasteiger partial charge in [-0.2, -0.15) is 0 Å². The summed E-state index contributed by atoms with van der Waals surface area (Å²) in [5, 5.41) is 12.9. The van der Waals surface area contributed by atoms with E-state index < -0.39 is 16.6 Å². The molecule has 0 unspecified atom stereocenters. The molecule has 0 bridgehead atoms. The lowest BCUT2D eigenvalue weighted by atomic mass is 10.2. The molecule has 0 fully saturated rings. The van der Waals surface area contributed by atoms with Gasteiger partial charge in [-0.25, -0.2) is 4.39 Å². The van der Waals surface area contributed by atoms with Gasteiger partial charge in [0.1, 0.15) is 0 Å². The molecule has 0 spiro atoms. The van der Waals surface area contributed by atoms with Crippen molar-refractivity contribution in [2.45, 2.75) is 0 Å². The number of rotatable bonds is 3. The highest BCUT2D eigenvalue weighted by atomic mass is 35.5. The molecule has 0 aliphatic carbocycles. The van der Waals surface area contributed by atoms with Gasteiger partial charge in [0.05, 0.1) is 27.4 Å². The van der Waals surface area contributed by atoms with E-state index >= 15 is 0 Å². The van der Waals surface area contributed by atoms with Crippen LogP contribution in [0.1, 0.15) is 10.4 Å². The van der Waals surface area contributed by atoms with E-state index in [-0.39, 0.29) is 22.0 Å².